The highest BCUT2D eigenvalue weighted by molar-refractivity contribution is 9.10. The molecule has 0 saturated carbocycles. The van der Waals surface area contributed by atoms with Crippen molar-refractivity contribution in [3.8, 4) is 11.6 Å². The minimum Gasteiger partial charge on any atom is -0.478 e. The molecule has 0 spiro atoms. The second-order valence-corrected chi connectivity index (χ2v) is 5.07. The highest BCUT2D eigenvalue weighted by Crippen LogP contribution is 2.33. The third kappa shape index (κ3) is 2.87. The summed E-state index contributed by atoms with van der Waals surface area (Å²) in [6.45, 7) is 1.58. The summed E-state index contributed by atoms with van der Waals surface area (Å²) >= 11 is 3.16. The van der Waals surface area contributed by atoms with Crippen LogP contribution < -0.4 is 4.74 Å². The van der Waals surface area contributed by atoms with Gasteiger partial charge in [-0.2, -0.15) is 0 Å². The number of ether oxygens (including phenoxy) is 1. The Morgan fingerprint density at radius 1 is 1.52 bits per heavy atom. The molecule has 2 aromatic rings. The number of hydrogen-bond donors (Lipinski definition) is 1. The third-order valence-electron chi connectivity index (χ3n) is 2.80. The van der Waals surface area contributed by atoms with Crippen molar-refractivity contribution in [2.24, 2.45) is 7.05 Å². The van der Waals surface area contributed by atoms with Crippen LogP contribution in [0.25, 0.3) is 0 Å². The van der Waals surface area contributed by atoms with E-state index < -0.39 is 16.7 Å². The maximum absolute atomic E-state index is 11.2. The number of aryl methyl sites for hydroxylation is 1. The molecule has 0 fully saturated rings. The molecular weight excluding hydrogens is 346 g/mol. The standard InChI is InChI=1S/C12H10BrN3O5/c1-6-14-10(16(19)20)11(15(6)2)21-9-4-3-7(13)5-8(9)12(17)18/h3-5H,1-2H3,(H,17,18). The van der Waals surface area contributed by atoms with Crippen molar-refractivity contribution in [3.05, 3.63) is 44.2 Å². The molecule has 0 aliphatic carbocycles. The van der Waals surface area contributed by atoms with Crippen LogP contribution in [0.5, 0.6) is 11.6 Å². The minimum absolute atomic E-state index is 0.00296. The first kappa shape index (κ1) is 15.0. The molecule has 1 N–H and O–H groups in total. The first-order chi connectivity index (χ1) is 9.81. The summed E-state index contributed by atoms with van der Waals surface area (Å²) in [5.41, 5.74) is -0.113. The van der Waals surface area contributed by atoms with Crippen LogP contribution in [0.4, 0.5) is 5.82 Å². The highest BCUT2D eigenvalue weighted by Gasteiger charge is 2.27. The van der Waals surface area contributed by atoms with E-state index in [-0.39, 0.29) is 17.2 Å². The normalized spacial score (nSPS) is 10.4. The molecule has 0 aliphatic heterocycles. The lowest BCUT2D eigenvalue weighted by Gasteiger charge is -2.09. The topological polar surface area (TPSA) is 107 Å². The summed E-state index contributed by atoms with van der Waals surface area (Å²) < 4.78 is 7.37. The number of halogens is 1. The largest absolute Gasteiger partial charge is 0.478 e. The molecule has 0 bridgehead atoms. The number of nitrogens with zero attached hydrogens (tertiary/aromatic N) is 3. The van der Waals surface area contributed by atoms with Crippen molar-refractivity contribution in [3.63, 3.8) is 0 Å². The molecule has 0 atom stereocenters. The Hall–Kier alpha value is -2.42. The van der Waals surface area contributed by atoms with Crippen LogP contribution in [0.3, 0.4) is 0 Å². The van der Waals surface area contributed by atoms with E-state index in [1.165, 1.54) is 16.7 Å². The van der Waals surface area contributed by atoms with Gasteiger partial charge in [0, 0.05) is 18.4 Å². The van der Waals surface area contributed by atoms with Gasteiger partial charge in [0.2, 0.25) is 5.82 Å². The lowest BCUT2D eigenvalue weighted by molar-refractivity contribution is -0.390. The predicted molar refractivity (Wildman–Crippen MR) is 75.8 cm³/mol. The quantitative estimate of drug-likeness (QED) is 0.667. The Balaban J connectivity index is 2.53. The number of hydrogen-bond acceptors (Lipinski definition) is 5. The van der Waals surface area contributed by atoms with Crippen LogP contribution >= 0.6 is 15.9 Å². The SMILES string of the molecule is Cc1nc([N+](=O)[O-])c(Oc2ccc(Br)cc2C(=O)O)n1C. The van der Waals surface area contributed by atoms with E-state index >= 15 is 0 Å². The van der Waals surface area contributed by atoms with Crippen molar-refractivity contribution in [2.75, 3.05) is 0 Å². The summed E-state index contributed by atoms with van der Waals surface area (Å²) in [7, 11) is 1.55. The lowest BCUT2D eigenvalue weighted by atomic mass is 10.2. The van der Waals surface area contributed by atoms with Crippen LogP contribution in [-0.2, 0) is 7.05 Å². The van der Waals surface area contributed by atoms with Gasteiger partial charge in [0.25, 0.3) is 0 Å². The van der Waals surface area contributed by atoms with Gasteiger partial charge in [-0.1, -0.05) is 15.9 Å². The molecule has 1 aromatic carbocycles. The molecule has 8 nitrogen and oxygen atoms in total. The molecule has 1 aromatic heterocycles. The smallest absolute Gasteiger partial charge is 0.427 e. The highest BCUT2D eigenvalue weighted by atomic mass is 79.9. The maximum Gasteiger partial charge on any atom is 0.427 e. The Bertz CT molecular complexity index is 741. The van der Waals surface area contributed by atoms with Crippen molar-refractivity contribution < 1.29 is 19.6 Å². The van der Waals surface area contributed by atoms with Crippen LogP contribution in [0.1, 0.15) is 16.2 Å². The first-order valence-electron chi connectivity index (χ1n) is 5.69. The molecule has 110 valence electrons. The number of aromatic carboxylic acids is 1. The van der Waals surface area contributed by atoms with Gasteiger partial charge in [-0.25, -0.2) is 4.79 Å². The summed E-state index contributed by atoms with van der Waals surface area (Å²) in [5.74, 6) is -1.41. The van der Waals surface area contributed by atoms with Crippen LogP contribution in [-0.4, -0.2) is 25.6 Å². The third-order valence-corrected chi connectivity index (χ3v) is 3.29. The van der Waals surface area contributed by atoms with Gasteiger partial charge in [0.1, 0.15) is 11.3 Å². The van der Waals surface area contributed by atoms with Crippen LogP contribution in [0.15, 0.2) is 22.7 Å². The number of rotatable bonds is 4. The number of carbonyl (C=O) groups is 1. The fourth-order valence-electron chi connectivity index (χ4n) is 1.67. The molecule has 0 amide bonds. The Kier molecular flexibility index (Phi) is 3.94. The number of aromatic nitrogens is 2. The van der Waals surface area contributed by atoms with Crippen molar-refractivity contribution >= 4 is 27.7 Å². The monoisotopic (exact) mass is 355 g/mol. The maximum atomic E-state index is 11.2. The van der Waals surface area contributed by atoms with E-state index in [0.717, 1.165) is 0 Å². The average molecular weight is 356 g/mol. The van der Waals surface area contributed by atoms with E-state index in [4.69, 9.17) is 9.84 Å². The lowest BCUT2D eigenvalue weighted by Crippen LogP contribution is -2.03. The second-order valence-electron chi connectivity index (χ2n) is 4.15. The van der Waals surface area contributed by atoms with Gasteiger partial charge in [0.05, 0.1) is 0 Å². The molecule has 9 heteroatoms. The van der Waals surface area contributed by atoms with Crippen LogP contribution in [0.2, 0.25) is 0 Å². The van der Waals surface area contributed by atoms with E-state index in [1.807, 2.05) is 0 Å². The zero-order valence-electron chi connectivity index (χ0n) is 11.0. The average Bonchev–Trinajstić information content (AvgIpc) is 2.69. The predicted octanol–water partition coefficient (Wildman–Crippen LogP) is 2.89. The Morgan fingerprint density at radius 2 is 2.19 bits per heavy atom. The van der Waals surface area contributed by atoms with Gasteiger partial charge in [-0.3, -0.25) is 4.57 Å². The molecule has 1 heterocycles. The molecular formula is C12H10BrN3O5. The van der Waals surface area contributed by atoms with Crippen LogP contribution in [0, 0.1) is 17.0 Å². The van der Waals surface area contributed by atoms with Gasteiger partial charge in [0.15, 0.2) is 0 Å². The Morgan fingerprint density at radius 3 is 2.76 bits per heavy atom. The summed E-state index contributed by atoms with van der Waals surface area (Å²) in [6.07, 6.45) is 0. The molecule has 2 rings (SSSR count). The van der Waals surface area contributed by atoms with E-state index in [1.54, 1.807) is 20.0 Å². The van der Waals surface area contributed by atoms with Crippen molar-refractivity contribution in [1.29, 1.82) is 0 Å². The van der Waals surface area contributed by atoms with E-state index in [9.17, 15) is 14.9 Å². The minimum atomic E-state index is -1.20. The zero-order valence-corrected chi connectivity index (χ0v) is 12.6. The van der Waals surface area contributed by atoms with Gasteiger partial charge in [-0.05, 0) is 28.1 Å². The van der Waals surface area contributed by atoms with E-state index in [0.29, 0.717) is 10.3 Å². The second kappa shape index (κ2) is 5.52. The van der Waals surface area contributed by atoms with Gasteiger partial charge in [-0.15, -0.1) is 0 Å². The summed E-state index contributed by atoms with van der Waals surface area (Å²) in [4.78, 5) is 25.3. The first-order valence-corrected chi connectivity index (χ1v) is 6.49. The number of imidazole rings is 1. The van der Waals surface area contributed by atoms with E-state index in [2.05, 4.69) is 20.9 Å². The summed E-state index contributed by atoms with van der Waals surface area (Å²) in [5, 5.41) is 20.1. The number of benzene rings is 1. The molecule has 21 heavy (non-hydrogen) atoms. The molecule has 0 saturated heterocycles. The van der Waals surface area contributed by atoms with Crippen molar-refractivity contribution in [1.82, 2.24) is 9.55 Å². The number of carboxylic acids is 1. The van der Waals surface area contributed by atoms with Gasteiger partial charge >= 0.3 is 17.7 Å². The zero-order chi connectivity index (χ0) is 15.7. The summed E-state index contributed by atoms with van der Waals surface area (Å²) in [6, 6.07) is 4.35. The fourth-order valence-corrected chi connectivity index (χ4v) is 2.03. The van der Waals surface area contributed by atoms with Crippen molar-refractivity contribution in [2.45, 2.75) is 6.92 Å². The Labute approximate surface area is 127 Å². The fraction of sp³-hybridized carbons (Fsp3) is 0.167. The number of nitro groups is 1. The molecule has 0 radical (unpaired) electrons. The molecule has 0 aliphatic rings. The number of carboxylic acid groups (broad SMARTS) is 1. The molecule has 0 unspecified atom stereocenters. The van der Waals surface area contributed by atoms with Gasteiger partial charge < -0.3 is 20.0 Å².